The second-order valence-corrected chi connectivity index (χ2v) is 5.66. The maximum absolute atomic E-state index is 12.0. The van der Waals surface area contributed by atoms with Crippen molar-refractivity contribution in [2.75, 3.05) is 0 Å². The van der Waals surface area contributed by atoms with E-state index in [1.165, 1.54) is 0 Å². The average Bonchev–Trinajstić information content (AvgIpc) is 2.52. The standard InChI is InChI=1S/C15H19NO2/c1-10-9-16(5)13-7-6-11(8-12(10)13)14(17)18-15(2,3)4/h6-9H,1-5H3. The third-order valence-electron chi connectivity index (χ3n) is 2.82. The van der Waals surface area contributed by atoms with E-state index >= 15 is 0 Å². The van der Waals surface area contributed by atoms with E-state index in [0.717, 1.165) is 16.5 Å². The minimum absolute atomic E-state index is 0.271. The summed E-state index contributed by atoms with van der Waals surface area (Å²) in [4.78, 5) is 12.0. The van der Waals surface area contributed by atoms with E-state index < -0.39 is 5.60 Å². The molecule has 0 N–H and O–H groups in total. The SMILES string of the molecule is Cc1cn(C)c2ccc(C(=O)OC(C)(C)C)cc12. The van der Waals surface area contributed by atoms with Crippen LogP contribution in [0, 0.1) is 6.92 Å². The van der Waals surface area contributed by atoms with Crippen LogP contribution >= 0.6 is 0 Å². The molecule has 18 heavy (non-hydrogen) atoms. The zero-order valence-corrected chi connectivity index (χ0v) is 11.6. The summed E-state index contributed by atoms with van der Waals surface area (Å²) in [5.74, 6) is -0.271. The quantitative estimate of drug-likeness (QED) is 0.721. The molecule has 0 saturated carbocycles. The predicted molar refractivity (Wildman–Crippen MR) is 72.8 cm³/mol. The molecule has 1 aromatic carbocycles. The van der Waals surface area contributed by atoms with E-state index in [-0.39, 0.29) is 5.97 Å². The number of esters is 1. The number of benzene rings is 1. The first kappa shape index (κ1) is 12.7. The summed E-state index contributed by atoms with van der Waals surface area (Å²) in [6.07, 6.45) is 2.06. The third kappa shape index (κ3) is 2.40. The number of aromatic nitrogens is 1. The molecule has 1 heterocycles. The Morgan fingerprint density at radius 1 is 1.28 bits per heavy atom. The van der Waals surface area contributed by atoms with Gasteiger partial charge in [-0.2, -0.15) is 0 Å². The molecule has 2 rings (SSSR count). The number of ether oxygens (including phenoxy) is 1. The highest BCUT2D eigenvalue weighted by molar-refractivity contribution is 5.96. The molecule has 0 amide bonds. The molecule has 0 aliphatic carbocycles. The highest BCUT2D eigenvalue weighted by atomic mass is 16.6. The Hall–Kier alpha value is -1.77. The molecular formula is C15H19NO2. The first-order valence-electron chi connectivity index (χ1n) is 6.07. The molecule has 1 aromatic heterocycles. The van der Waals surface area contributed by atoms with Crippen molar-refractivity contribution >= 4 is 16.9 Å². The Labute approximate surface area is 107 Å². The summed E-state index contributed by atoms with van der Waals surface area (Å²) in [5, 5.41) is 1.10. The van der Waals surface area contributed by atoms with Crippen LogP contribution in [0.25, 0.3) is 10.9 Å². The van der Waals surface area contributed by atoms with Crippen LogP contribution in [-0.4, -0.2) is 16.1 Å². The molecule has 0 atom stereocenters. The summed E-state index contributed by atoms with van der Waals surface area (Å²) in [6, 6.07) is 5.68. The number of carbonyl (C=O) groups is 1. The van der Waals surface area contributed by atoms with Crippen molar-refractivity contribution in [3.8, 4) is 0 Å². The van der Waals surface area contributed by atoms with Gasteiger partial charge in [0.2, 0.25) is 0 Å². The van der Waals surface area contributed by atoms with Gasteiger partial charge in [0.25, 0.3) is 0 Å². The van der Waals surface area contributed by atoms with Crippen molar-refractivity contribution in [3.63, 3.8) is 0 Å². The number of aryl methyl sites for hydroxylation is 2. The molecule has 0 fully saturated rings. The molecule has 0 radical (unpaired) electrons. The zero-order valence-electron chi connectivity index (χ0n) is 11.6. The van der Waals surface area contributed by atoms with Crippen LogP contribution in [0.1, 0.15) is 36.7 Å². The van der Waals surface area contributed by atoms with Gasteiger partial charge < -0.3 is 9.30 Å². The molecule has 0 spiro atoms. The number of fused-ring (bicyclic) bond motifs is 1. The van der Waals surface area contributed by atoms with Crippen molar-refractivity contribution in [1.82, 2.24) is 4.57 Å². The minimum atomic E-state index is -0.461. The number of carbonyl (C=O) groups excluding carboxylic acids is 1. The van der Waals surface area contributed by atoms with Gasteiger partial charge in [0.05, 0.1) is 5.56 Å². The monoisotopic (exact) mass is 245 g/mol. The normalized spacial score (nSPS) is 11.8. The van der Waals surface area contributed by atoms with E-state index in [2.05, 4.69) is 10.8 Å². The van der Waals surface area contributed by atoms with Crippen LogP contribution in [0.4, 0.5) is 0 Å². The van der Waals surface area contributed by atoms with Crippen molar-refractivity contribution in [3.05, 3.63) is 35.5 Å². The van der Waals surface area contributed by atoms with Crippen molar-refractivity contribution in [1.29, 1.82) is 0 Å². The van der Waals surface area contributed by atoms with Gasteiger partial charge in [0, 0.05) is 24.1 Å². The second-order valence-electron chi connectivity index (χ2n) is 5.66. The molecule has 0 bridgehead atoms. The summed E-state index contributed by atoms with van der Waals surface area (Å²) >= 11 is 0. The van der Waals surface area contributed by atoms with Gasteiger partial charge in [-0.15, -0.1) is 0 Å². The van der Waals surface area contributed by atoms with Gasteiger partial charge in [-0.05, 0) is 51.5 Å². The van der Waals surface area contributed by atoms with Crippen molar-refractivity contribution in [2.45, 2.75) is 33.3 Å². The van der Waals surface area contributed by atoms with Crippen LogP contribution in [-0.2, 0) is 11.8 Å². The van der Waals surface area contributed by atoms with Gasteiger partial charge in [0.15, 0.2) is 0 Å². The Balaban J connectivity index is 2.41. The van der Waals surface area contributed by atoms with E-state index in [1.54, 1.807) is 0 Å². The molecule has 3 nitrogen and oxygen atoms in total. The third-order valence-corrected chi connectivity index (χ3v) is 2.82. The van der Waals surface area contributed by atoms with Crippen LogP contribution in [0.15, 0.2) is 24.4 Å². The van der Waals surface area contributed by atoms with Crippen LogP contribution in [0.3, 0.4) is 0 Å². The first-order chi connectivity index (χ1) is 8.28. The maximum atomic E-state index is 12.0. The van der Waals surface area contributed by atoms with Crippen LogP contribution in [0.2, 0.25) is 0 Å². The number of hydrogen-bond acceptors (Lipinski definition) is 2. The molecule has 96 valence electrons. The largest absolute Gasteiger partial charge is 0.456 e. The Kier molecular flexibility index (Phi) is 2.93. The predicted octanol–water partition coefficient (Wildman–Crippen LogP) is 3.44. The fourth-order valence-electron chi connectivity index (χ4n) is 2.05. The summed E-state index contributed by atoms with van der Waals surface area (Å²) < 4.78 is 7.43. The maximum Gasteiger partial charge on any atom is 0.338 e. The molecule has 3 heteroatoms. The molecule has 0 aliphatic heterocycles. The smallest absolute Gasteiger partial charge is 0.338 e. The minimum Gasteiger partial charge on any atom is -0.456 e. The lowest BCUT2D eigenvalue weighted by molar-refractivity contribution is 0.00697. The zero-order chi connectivity index (χ0) is 13.5. The summed E-state index contributed by atoms with van der Waals surface area (Å²) in [7, 11) is 2.00. The van der Waals surface area contributed by atoms with Crippen molar-refractivity contribution < 1.29 is 9.53 Å². The Morgan fingerprint density at radius 2 is 1.94 bits per heavy atom. The van der Waals surface area contributed by atoms with Gasteiger partial charge >= 0.3 is 5.97 Å². The summed E-state index contributed by atoms with van der Waals surface area (Å²) in [5.41, 5.74) is 2.43. The topological polar surface area (TPSA) is 31.2 Å². The lowest BCUT2D eigenvalue weighted by Crippen LogP contribution is -2.23. The summed E-state index contributed by atoms with van der Waals surface area (Å²) in [6.45, 7) is 7.66. The molecule has 0 aliphatic rings. The Bertz CT molecular complexity index is 603. The molecular weight excluding hydrogens is 226 g/mol. The van der Waals surface area contributed by atoms with E-state index in [0.29, 0.717) is 5.56 Å². The van der Waals surface area contributed by atoms with Crippen LogP contribution in [0.5, 0.6) is 0 Å². The lowest BCUT2D eigenvalue weighted by atomic mass is 10.1. The van der Waals surface area contributed by atoms with Crippen LogP contribution < -0.4 is 0 Å². The van der Waals surface area contributed by atoms with E-state index in [4.69, 9.17) is 4.74 Å². The number of hydrogen-bond donors (Lipinski definition) is 0. The van der Waals surface area contributed by atoms with Gasteiger partial charge in [0.1, 0.15) is 5.60 Å². The number of rotatable bonds is 1. The Morgan fingerprint density at radius 3 is 2.56 bits per heavy atom. The first-order valence-corrected chi connectivity index (χ1v) is 6.07. The van der Waals surface area contributed by atoms with E-state index in [9.17, 15) is 4.79 Å². The van der Waals surface area contributed by atoms with Crippen molar-refractivity contribution in [2.24, 2.45) is 7.05 Å². The highest BCUT2D eigenvalue weighted by Gasteiger charge is 2.18. The second kappa shape index (κ2) is 4.16. The highest BCUT2D eigenvalue weighted by Crippen LogP contribution is 2.22. The van der Waals surface area contributed by atoms with Gasteiger partial charge in [-0.3, -0.25) is 0 Å². The lowest BCUT2D eigenvalue weighted by Gasteiger charge is -2.19. The number of nitrogens with zero attached hydrogens (tertiary/aromatic N) is 1. The van der Waals surface area contributed by atoms with Gasteiger partial charge in [-0.25, -0.2) is 4.79 Å². The fourth-order valence-corrected chi connectivity index (χ4v) is 2.05. The van der Waals surface area contributed by atoms with Gasteiger partial charge in [-0.1, -0.05) is 0 Å². The molecule has 0 saturated heterocycles. The average molecular weight is 245 g/mol. The molecule has 2 aromatic rings. The molecule has 0 unspecified atom stereocenters. The van der Waals surface area contributed by atoms with E-state index in [1.807, 2.05) is 52.9 Å². The fraction of sp³-hybridized carbons (Fsp3) is 0.400.